The summed E-state index contributed by atoms with van der Waals surface area (Å²) in [6.07, 6.45) is 3.98. The van der Waals surface area contributed by atoms with Crippen LogP contribution in [0.4, 0.5) is 0 Å². The van der Waals surface area contributed by atoms with Gasteiger partial charge >= 0.3 is 0 Å². The number of hydrogen-bond donors (Lipinski definition) is 1. The van der Waals surface area contributed by atoms with Crippen molar-refractivity contribution in [2.45, 2.75) is 39.7 Å². The first kappa shape index (κ1) is 13.6. The van der Waals surface area contributed by atoms with Crippen molar-refractivity contribution in [2.75, 3.05) is 6.54 Å². The predicted octanol–water partition coefficient (Wildman–Crippen LogP) is 4.82. The quantitative estimate of drug-likeness (QED) is 0.705. The minimum Gasteiger partial charge on any atom is -0.313 e. The second-order valence-electron chi connectivity index (χ2n) is 5.32. The maximum Gasteiger partial charge on any atom is 0.0346 e. The molecule has 2 heteroatoms. The lowest BCUT2D eigenvalue weighted by Gasteiger charge is -2.06. The van der Waals surface area contributed by atoms with Crippen LogP contribution in [0.1, 0.15) is 38.7 Å². The van der Waals surface area contributed by atoms with Crippen LogP contribution in [0.25, 0.3) is 10.1 Å². The van der Waals surface area contributed by atoms with Gasteiger partial charge in [-0.3, -0.25) is 0 Å². The molecule has 2 aromatic rings. The maximum absolute atomic E-state index is 3.56. The summed E-state index contributed by atoms with van der Waals surface area (Å²) in [5.41, 5.74) is 1.44. The molecule has 0 aliphatic rings. The molecule has 1 heterocycles. The SMILES string of the molecule is CC(C)CCCCNCc1csc2ccccc12. The summed E-state index contributed by atoms with van der Waals surface area (Å²) in [6, 6.07) is 8.66. The Kier molecular flexibility index (Phi) is 5.21. The molecule has 98 valence electrons. The Labute approximate surface area is 114 Å². The third kappa shape index (κ3) is 3.82. The van der Waals surface area contributed by atoms with Crippen LogP contribution in [0.2, 0.25) is 0 Å². The second-order valence-corrected chi connectivity index (χ2v) is 6.23. The molecule has 0 spiro atoms. The van der Waals surface area contributed by atoms with Crippen molar-refractivity contribution in [3.63, 3.8) is 0 Å². The molecule has 0 atom stereocenters. The average Bonchev–Trinajstić information content (AvgIpc) is 2.77. The van der Waals surface area contributed by atoms with Crippen LogP contribution < -0.4 is 5.32 Å². The highest BCUT2D eigenvalue weighted by molar-refractivity contribution is 7.17. The van der Waals surface area contributed by atoms with E-state index in [-0.39, 0.29) is 0 Å². The summed E-state index contributed by atoms with van der Waals surface area (Å²) in [4.78, 5) is 0. The van der Waals surface area contributed by atoms with Gasteiger partial charge in [0.2, 0.25) is 0 Å². The summed E-state index contributed by atoms with van der Waals surface area (Å²) in [5, 5.41) is 7.26. The summed E-state index contributed by atoms with van der Waals surface area (Å²) in [5.74, 6) is 0.839. The van der Waals surface area contributed by atoms with Gasteiger partial charge in [-0.25, -0.2) is 0 Å². The number of nitrogens with one attached hydrogen (secondary N) is 1. The Bertz CT molecular complexity index is 473. The molecule has 0 bridgehead atoms. The smallest absolute Gasteiger partial charge is 0.0346 e. The average molecular weight is 261 g/mol. The van der Waals surface area contributed by atoms with Gasteiger partial charge in [-0.15, -0.1) is 11.3 Å². The van der Waals surface area contributed by atoms with Crippen LogP contribution >= 0.6 is 11.3 Å². The minimum absolute atomic E-state index is 0.839. The molecule has 0 amide bonds. The molecule has 1 nitrogen and oxygen atoms in total. The lowest BCUT2D eigenvalue weighted by Crippen LogP contribution is -2.14. The van der Waals surface area contributed by atoms with Gasteiger partial charge in [-0.05, 0) is 41.3 Å². The molecule has 0 saturated heterocycles. The predicted molar refractivity (Wildman–Crippen MR) is 82.2 cm³/mol. The van der Waals surface area contributed by atoms with Gasteiger partial charge in [0.15, 0.2) is 0 Å². The minimum atomic E-state index is 0.839. The molecule has 0 unspecified atom stereocenters. The van der Waals surface area contributed by atoms with E-state index in [1.165, 1.54) is 34.9 Å². The number of fused-ring (bicyclic) bond motifs is 1. The second kappa shape index (κ2) is 6.91. The van der Waals surface area contributed by atoms with Gasteiger partial charge in [0.25, 0.3) is 0 Å². The van der Waals surface area contributed by atoms with E-state index in [2.05, 4.69) is 48.8 Å². The van der Waals surface area contributed by atoms with Crippen LogP contribution in [0.3, 0.4) is 0 Å². The Morgan fingerprint density at radius 2 is 2.00 bits per heavy atom. The summed E-state index contributed by atoms with van der Waals surface area (Å²) in [7, 11) is 0. The van der Waals surface area contributed by atoms with Crippen molar-refractivity contribution in [1.82, 2.24) is 5.32 Å². The molecule has 2 rings (SSSR count). The number of hydrogen-bond acceptors (Lipinski definition) is 2. The molecular formula is C16H23NS. The fourth-order valence-electron chi connectivity index (χ4n) is 2.20. The van der Waals surface area contributed by atoms with Crippen molar-refractivity contribution in [2.24, 2.45) is 5.92 Å². The van der Waals surface area contributed by atoms with Crippen molar-refractivity contribution < 1.29 is 0 Å². The molecule has 0 aliphatic carbocycles. The largest absolute Gasteiger partial charge is 0.313 e. The van der Waals surface area contributed by atoms with Crippen LogP contribution in [0.5, 0.6) is 0 Å². The fraction of sp³-hybridized carbons (Fsp3) is 0.500. The number of rotatable bonds is 7. The first-order valence-corrected chi connectivity index (χ1v) is 7.81. The topological polar surface area (TPSA) is 12.0 Å². The zero-order valence-electron chi connectivity index (χ0n) is 11.4. The zero-order valence-corrected chi connectivity index (χ0v) is 12.2. The molecule has 18 heavy (non-hydrogen) atoms. The standard InChI is InChI=1S/C16H23NS/c1-13(2)7-5-6-10-17-11-14-12-18-16-9-4-3-8-15(14)16/h3-4,8-9,12-13,17H,5-7,10-11H2,1-2H3. The van der Waals surface area contributed by atoms with Crippen molar-refractivity contribution in [3.05, 3.63) is 35.2 Å². The van der Waals surface area contributed by atoms with Crippen LogP contribution in [-0.2, 0) is 6.54 Å². The number of benzene rings is 1. The molecule has 0 radical (unpaired) electrons. The third-order valence-corrected chi connectivity index (χ3v) is 4.27. The number of thiophene rings is 1. The fourth-order valence-corrected chi connectivity index (χ4v) is 3.16. The summed E-state index contributed by atoms with van der Waals surface area (Å²) >= 11 is 1.85. The van der Waals surface area contributed by atoms with E-state index < -0.39 is 0 Å². The van der Waals surface area contributed by atoms with Gasteiger partial charge < -0.3 is 5.32 Å². The Balaban J connectivity index is 1.74. The highest BCUT2D eigenvalue weighted by atomic mass is 32.1. The Hall–Kier alpha value is -0.860. The van der Waals surface area contributed by atoms with E-state index >= 15 is 0 Å². The van der Waals surface area contributed by atoms with Crippen molar-refractivity contribution in [1.29, 1.82) is 0 Å². The van der Waals surface area contributed by atoms with E-state index in [1.54, 1.807) is 0 Å². The van der Waals surface area contributed by atoms with E-state index in [9.17, 15) is 0 Å². The van der Waals surface area contributed by atoms with Gasteiger partial charge in [0.1, 0.15) is 0 Å². The molecule has 0 saturated carbocycles. The van der Waals surface area contributed by atoms with E-state index in [1.807, 2.05) is 11.3 Å². The lowest BCUT2D eigenvalue weighted by atomic mass is 10.1. The molecular weight excluding hydrogens is 238 g/mol. The molecule has 0 fully saturated rings. The van der Waals surface area contributed by atoms with Crippen LogP contribution in [-0.4, -0.2) is 6.54 Å². The van der Waals surface area contributed by atoms with E-state index in [4.69, 9.17) is 0 Å². The monoisotopic (exact) mass is 261 g/mol. The van der Waals surface area contributed by atoms with Crippen molar-refractivity contribution in [3.8, 4) is 0 Å². The van der Waals surface area contributed by atoms with Crippen LogP contribution in [0.15, 0.2) is 29.6 Å². The van der Waals surface area contributed by atoms with Gasteiger partial charge in [-0.1, -0.05) is 44.9 Å². The first-order valence-electron chi connectivity index (χ1n) is 6.93. The number of unbranched alkanes of at least 4 members (excludes halogenated alkanes) is 1. The molecule has 1 aromatic heterocycles. The highest BCUT2D eigenvalue weighted by Crippen LogP contribution is 2.25. The summed E-state index contributed by atoms with van der Waals surface area (Å²) < 4.78 is 1.40. The maximum atomic E-state index is 3.56. The summed E-state index contributed by atoms with van der Waals surface area (Å²) in [6.45, 7) is 6.73. The molecule has 1 N–H and O–H groups in total. The Morgan fingerprint density at radius 1 is 1.17 bits per heavy atom. The van der Waals surface area contributed by atoms with Crippen LogP contribution in [0, 0.1) is 5.92 Å². The zero-order chi connectivity index (χ0) is 12.8. The van der Waals surface area contributed by atoms with Gasteiger partial charge in [0, 0.05) is 11.2 Å². The highest BCUT2D eigenvalue weighted by Gasteiger charge is 2.02. The molecule has 0 aliphatic heterocycles. The van der Waals surface area contributed by atoms with E-state index in [0.29, 0.717) is 0 Å². The third-order valence-electron chi connectivity index (χ3n) is 3.26. The molecule has 1 aromatic carbocycles. The van der Waals surface area contributed by atoms with Gasteiger partial charge in [-0.2, -0.15) is 0 Å². The van der Waals surface area contributed by atoms with Gasteiger partial charge in [0.05, 0.1) is 0 Å². The lowest BCUT2D eigenvalue weighted by molar-refractivity contribution is 0.521. The van der Waals surface area contributed by atoms with Crippen molar-refractivity contribution >= 4 is 21.4 Å². The first-order chi connectivity index (χ1) is 8.77. The normalized spacial score (nSPS) is 11.5. The Morgan fingerprint density at radius 3 is 2.83 bits per heavy atom. The van der Waals surface area contributed by atoms with E-state index in [0.717, 1.165) is 19.0 Å².